The molecule has 126 valence electrons. The van der Waals surface area contributed by atoms with E-state index < -0.39 is 12.0 Å². The zero-order valence-corrected chi connectivity index (χ0v) is 13.6. The Morgan fingerprint density at radius 2 is 1.79 bits per heavy atom. The maximum Gasteiger partial charge on any atom is 0.265 e. The van der Waals surface area contributed by atoms with Crippen molar-refractivity contribution in [3.05, 3.63) is 54.1 Å². The van der Waals surface area contributed by atoms with Crippen molar-refractivity contribution in [2.75, 3.05) is 12.4 Å². The van der Waals surface area contributed by atoms with Crippen molar-refractivity contribution in [2.24, 2.45) is 5.73 Å². The molecule has 0 heterocycles. The summed E-state index contributed by atoms with van der Waals surface area (Å²) in [6.45, 7) is 1.86. The van der Waals surface area contributed by atoms with Gasteiger partial charge in [-0.05, 0) is 42.8 Å². The number of carbonyl (C=O) groups excluding carboxylic acids is 2. The third kappa shape index (κ3) is 4.49. The minimum Gasteiger partial charge on any atom is -0.497 e. The van der Waals surface area contributed by atoms with E-state index in [4.69, 9.17) is 15.2 Å². The lowest BCUT2D eigenvalue weighted by Crippen LogP contribution is -2.32. The number of carbonyl (C=O) groups is 2. The molecule has 0 saturated carbocycles. The molecule has 0 aliphatic carbocycles. The summed E-state index contributed by atoms with van der Waals surface area (Å²) in [5.74, 6) is 0.429. The molecule has 0 spiro atoms. The Balaban J connectivity index is 2.03. The number of anilines is 1. The Kier molecular flexibility index (Phi) is 5.78. The highest BCUT2D eigenvalue weighted by Gasteiger charge is 2.19. The van der Waals surface area contributed by atoms with E-state index in [1.807, 2.05) is 6.92 Å². The molecule has 0 saturated heterocycles. The lowest BCUT2D eigenvalue weighted by atomic mass is 10.2. The fraction of sp³-hybridized carbons (Fsp3) is 0.222. The molecule has 2 aromatic carbocycles. The van der Waals surface area contributed by atoms with E-state index in [-0.39, 0.29) is 5.91 Å². The maximum absolute atomic E-state index is 12.4. The average Bonchev–Trinajstić information content (AvgIpc) is 2.60. The molecular formula is C18H20N2O4. The first kappa shape index (κ1) is 17.3. The van der Waals surface area contributed by atoms with Crippen LogP contribution in [0.3, 0.4) is 0 Å². The van der Waals surface area contributed by atoms with Crippen LogP contribution in [0.5, 0.6) is 11.5 Å². The summed E-state index contributed by atoms with van der Waals surface area (Å²) in [5.41, 5.74) is 6.14. The van der Waals surface area contributed by atoms with Gasteiger partial charge < -0.3 is 20.5 Å². The van der Waals surface area contributed by atoms with Crippen molar-refractivity contribution in [1.29, 1.82) is 0 Å². The molecule has 0 radical (unpaired) electrons. The maximum atomic E-state index is 12.4. The largest absolute Gasteiger partial charge is 0.497 e. The highest BCUT2D eigenvalue weighted by molar-refractivity contribution is 5.96. The summed E-state index contributed by atoms with van der Waals surface area (Å²) in [5, 5.41) is 2.76. The topological polar surface area (TPSA) is 90.7 Å². The van der Waals surface area contributed by atoms with Crippen LogP contribution in [0, 0.1) is 0 Å². The number of hydrogen-bond acceptors (Lipinski definition) is 4. The van der Waals surface area contributed by atoms with Crippen LogP contribution < -0.4 is 20.5 Å². The molecule has 2 aromatic rings. The van der Waals surface area contributed by atoms with Crippen LogP contribution in [-0.4, -0.2) is 25.0 Å². The van der Waals surface area contributed by atoms with Crippen LogP contribution in [0.1, 0.15) is 23.7 Å². The number of primary amides is 1. The van der Waals surface area contributed by atoms with Crippen molar-refractivity contribution in [3.8, 4) is 11.5 Å². The number of ether oxygens (including phenoxy) is 2. The molecule has 0 unspecified atom stereocenters. The zero-order valence-electron chi connectivity index (χ0n) is 13.6. The predicted molar refractivity (Wildman–Crippen MR) is 91.3 cm³/mol. The SMILES string of the molecule is CC[C@H](Oc1cccc(OC)c1)C(=O)Nc1ccc(C(N)=O)cc1. The lowest BCUT2D eigenvalue weighted by molar-refractivity contribution is -0.122. The average molecular weight is 328 g/mol. The Labute approximate surface area is 140 Å². The van der Waals surface area contributed by atoms with Crippen LogP contribution in [0.25, 0.3) is 0 Å². The molecule has 0 fully saturated rings. The molecule has 0 aliphatic heterocycles. The van der Waals surface area contributed by atoms with E-state index in [1.54, 1.807) is 55.6 Å². The van der Waals surface area contributed by atoms with Crippen molar-refractivity contribution in [3.63, 3.8) is 0 Å². The third-order valence-corrected chi connectivity index (χ3v) is 3.42. The fourth-order valence-corrected chi connectivity index (χ4v) is 2.10. The summed E-state index contributed by atoms with van der Waals surface area (Å²) in [6.07, 6.45) is -0.143. The molecule has 0 aliphatic rings. The van der Waals surface area contributed by atoms with Gasteiger partial charge in [0.2, 0.25) is 5.91 Å². The smallest absolute Gasteiger partial charge is 0.265 e. The molecular weight excluding hydrogens is 308 g/mol. The number of amides is 2. The van der Waals surface area contributed by atoms with E-state index in [2.05, 4.69) is 5.32 Å². The van der Waals surface area contributed by atoms with Gasteiger partial charge in [0.15, 0.2) is 6.10 Å². The quantitative estimate of drug-likeness (QED) is 0.817. The Hall–Kier alpha value is -3.02. The highest BCUT2D eigenvalue weighted by Crippen LogP contribution is 2.21. The second-order valence-electron chi connectivity index (χ2n) is 5.12. The second-order valence-corrected chi connectivity index (χ2v) is 5.12. The summed E-state index contributed by atoms with van der Waals surface area (Å²) in [7, 11) is 1.57. The molecule has 2 amide bonds. The first-order valence-electron chi connectivity index (χ1n) is 7.55. The van der Waals surface area contributed by atoms with Gasteiger partial charge in [-0.25, -0.2) is 0 Å². The predicted octanol–water partition coefficient (Wildman–Crippen LogP) is 2.59. The van der Waals surface area contributed by atoms with Crippen LogP contribution in [-0.2, 0) is 4.79 Å². The fourth-order valence-electron chi connectivity index (χ4n) is 2.10. The van der Waals surface area contributed by atoms with Gasteiger partial charge in [0.25, 0.3) is 5.91 Å². The van der Waals surface area contributed by atoms with Gasteiger partial charge in [0.05, 0.1) is 7.11 Å². The van der Waals surface area contributed by atoms with E-state index in [0.29, 0.717) is 29.2 Å². The molecule has 24 heavy (non-hydrogen) atoms. The van der Waals surface area contributed by atoms with Gasteiger partial charge in [0, 0.05) is 17.3 Å². The van der Waals surface area contributed by atoms with Gasteiger partial charge in [-0.3, -0.25) is 9.59 Å². The van der Waals surface area contributed by atoms with Crippen LogP contribution >= 0.6 is 0 Å². The molecule has 2 rings (SSSR count). The number of nitrogens with two attached hydrogens (primary N) is 1. The molecule has 1 atom stereocenters. The van der Waals surface area contributed by atoms with Crippen molar-refractivity contribution < 1.29 is 19.1 Å². The Bertz CT molecular complexity index is 713. The van der Waals surface area contributed by atoms with Gasteiger partial charge in [-0.15, -0.1) is 0 Å². The van der Waals surface area contributed by atoms with Crippen LogP contribution in [0.2, 0.25) is 0 Å². The summed E-state index contributed by atoms with van der Waals surface area (Å²) < 4.78 is 10.9. The molecule has 0 aromatic heterocycles. The number of methoxy groups -OCH3 is 1. The van der Waals surface area contributed by atoms with Gasteiger partial charge >= 0.3 is 0 Å². The standard InChI is InChI=1S/C18H20N2O4/c1-3-16(24-15-6-4-5-14(11-15)23-2)18(22)20-13-9-7-12(8-10-13)17(19)21/h4-11,16H,3H2,1-2H3,(H2,19,21)(H,20,22)/t16-/m0/s1. The Morgan fingerprint density at radius 3 is 2.38 bits per heavy atom. The van der Waals surface area contributed by atoms with Crippen molar-refractivity contribution in [2.45, 2.75) is 19.4 Å². The van der Waals surface area contributed by atoms with Crippen LogP contribution in [0.4, 0.5) is 5.69 Å². The number of hydrogen-bond donors (Lipinski definition) is 2. The third-order valence-electron chi connectivity index (χ3n) is 3.42. The minimum atomic E-state index is -0.645. The molecule has 3 N–H and O–H groups in total. The monoisotopic (exact) mass is 328 g/mol. The van der Waals surface area contributed by atoms with E-state index in [1.165, 1.54) is 0 Å². The van der Waals surface area contributed by atoms with E-state index in [0.717, 1.165) is 0 Å². The normalized spacial score (nSPS) is 11.4. The lowest BCUT2D eigenvalue weighted by Gasteiger charge is -2.17. The molecule has 6 heteroatoms. The summed E-state index contributed by atoms with van der Waals surface area (Å²) >= 11 is 0. The van der Waals surface area contributed by atoms with Gasteiger partial charge in [0.1, 0.15) is 11.5 Å². The second kappa shape index (κ2) is 8.01. The van der Waals surface area contributed by atoms with Crippen LogP contribution in [0.15, 0.2) is 48.5 Å². The number of rotatable bonds is 7. The van der Waals surface area contributed by atoms with Gasteiger partial charge in [-0.2, -0.15) is 0 Å². The molecule has 6 nitrogen and oxygen atoms in total. The minimum absolute atomic E-state index is 0.271. The number of benzene rings is 2. The first-order chi connectivity index (χ1) is 11.5. The van der Waals surface area contributed by atoms with E-state index >= 15 is 0 Å². The first-order valence-corrected chi connectivity index (χ1v) is 7.55. The highest BCUT2D eigenvalue weighted by atomic mass is 16.5. The number of nitrogens with one attached hydrogen (secondary N) is 1. The Morgan fingerprint density at radius 1 is 1.12 bits per heavy atom. The summed E-state index contributed by atoms with van der Waals surface area (Å²) in [6, 6.07) is 13.4. The van der Waals surface area contributed by atoms with Gasteiger partial charge in [-0.1, -0.05) is 13.0 Å². The zero-order chi connectivity index (χ0) is 17.5. The molecule has 0 bridgehead atoms. The van der Waals surface area contributed by atoms with Crippen molar-refractivity contribution >= 4 is 17.5 Å². The summed E-state index contributed by atoms with van der Waals surface area (Å²) in [4.78, 5) is 23.4. The van der Waals surface area contributed by atoms with E-state index in [9.17, 15) is 9.59 Å². The van der Waals surface area contributed by atoms with Crippen molar-refractivity contribution in [1.82, 2.24) is 0 Å².